The minimum Gasteiger partial charge on any atom is -0.386 e. The molecular weight excluding hydrogens is 384 g/mol. The first-order valence-corrected chi connectivity index (χ1v) is 11.0. The van der Waals surface area contributed by atoms with Crippen molar-refractivity contribution in [2.75, 3.05) is 29.5 Å². The van der Waals surface area contributed by atoms with Crippen molar-refractivity contribution in [2.45, 2.75) is 32.8 Å². The van der Waals surface area contributed by atoms with Gasteiger partial charge < -0.3 is 10.0 Å². The third-order valence-corrected chi connectivity index (χ3v) is 6.12. The summed E-state index contributed by atoms with van der Waals surface area (Å²) in [6, 6.07) is 11.1. The van der Waals surface area contributed by atoms with E-state index in [0.29, 0.717) is 5.56 Å². The average molecular weight is 411 g/mol. The van der Waals surface area contributed by atoms with E-state index in [1.807, 2.05) is 35.3 Å². The van der Waals surface area contributed by atoms with Gasteiger partial charge in [-0.2, -0.15) is 21.4 Å². The van der Waals surface area contributed by atoms with Crippen LogP contribution in [0.1, 0.15) is 41.2 Å². The lowest BCUT2D eigenvalue weighted by Gasteiger charge is -2.28. The Morgan fingerprint density at radius 3 is 2.52 bits per heavy atom. The first kappa shape index (κ1) is 19.9. The first-order chi connectivity index (χ1) is 13.8. The minimum atomic E-state index is -0.921. The summed E-state index contributed by atoms with van der Waals surface area (Å²) in [5.41, 5.74) is 2.93. The molecule has 3 aromatic rings. The zero-order valence-electron chi connectivity index (χ0n) is 17.1. The Morgan fingerprint density at radius 2 is 1.86 bits per heavy atom. The Labute approximate surface area is 174 Å². The quantitative estimate of drug-likeness (QED) is 0.651. The van der Waals surface area contributed by atoms with Crippen LogP contribution in [-0.4, -0.2) is 50.1 Å². The number of aromatic nitrogens is 3. The van der Waals surface area contributed by atoms with Gasteiger partial charge in [-0.1, -0.05) is 24.3 Å². The fourth-order valence-corrected chi connectivity index (χ4v) is 4.47. The van der Waals surface area contributed by atoms with Gasteiger partial charge in [0.15, 0.2) is 11.4 Å². The number of thioether (sulfide) groups is 1. The number of hydrogen-bond acceptors (Lipinski definition) is 6. The molecular formula is C22H26N4O2S. The number of aryl methyl sites for hydroxylation is 1. The highest BCUT2D eigenvalue weighted by Crippen LogP contribution is 2.23. The van der Waals surface area contributed by atoms with E-state index < -0.39 is 5.60 Å². The molecule has 1 aromatic carbocycles. The number of benzene rings is 1. The molecule has 2 aromatic heterocycles. The largest absolute Gasteiger partial charge is 0.386 e. The second kappa shape index (κ2) is 7.80. The number of nitrogens with zero attached hydrogens (tertiary/aromatic N) is 4. The van der Waals surface area contributed by atoms with Gasteiger partial charge in [-0.05, 0) is 26.3 Å². The molecule has 0 amide bonds. The van der Waals surface area contributed by atoms with Crippen LogP contribution in [0.3, 0.4) is 0 Å². The number of carbonyl (C=O) groups is 1. The number of aliphatic hydroxyl groups is 1. The predicted molar refractivity (Wildman–Crippen MR) is 117 cm³/mol. The van der Waals surface area contributed by atoms with Crippen molar-refractivity contribution in [3.8, 4) is 0 Å². The van der Waals surface area contributed by atoms with Crippen LogP contribution in [-0.2, 0) is 12.0 Å². The van der Waals surface area contributed by atoms with Crippen LogP contribution in [0, 0.1) is 6.92 Å². The van der Waals surface area contributed by atoms with Gasteiger partial charge >= 0.3 is 0 Å². The number of ketones is 1. The SMILES string of the molecule is Cc1cc2nc(CC(=O)c3ccc(C(C)(C)O)cc3)cc(N3CCSCC3)n2n1. The van der Waals surface area contributed by atoms with Crippen LogP contribution in [0.25, 0.3) is 5.65 Å². The molecule has 0 aliphatic carbocycles. The van der Waals surface area contributed by atoms with E-state index in [-0.39, 0.29) is 12.2 Å². The van der Waals surface area contributed by atoms with Gasteiger partial charge in [0, 0.05) is 42.3 Å². The Morgan fingerprint density at radius 1 is 1.17 bits per heavy atom. The third-order valence-electron chi connectivity index (χ3n) is 5.17. The van der Waals surface area contributed by atoms with Crippen molar-refractivity contribution < 1.29 is 9.90 Å². The van der Waals surface area contributed by atoms with Gasteiger partial charge in [-0.3, -0.25) is 4.79 Å². The van der Waals surface area contributed by atoms with Crippen LogP contribution in [0.4, 0.5) is 5.82 Å². The van der Waals surface area contributed by atoms with E-state index in [0.717, 1.165) is 53.0 Å². The highest BCUT2D eigenvalue weighted by molar-refractivity contribution is 7.99. The molecule has 1 aliphatic heterocycles. The molecule has 1 saturated heterocycles. The monoisotopic (exact) mass is 410 g/mol. The molecule has 0 saturated carbocycles. The summed E-state index contributed by atoms with van der Waals surface area (Å²) in [5, 5.41) is 14.7. The van der Waals surface area contributed by atoms with E-state index in [2.05, 4.69) is 15.0 Å². The lowest BCUT2D eigenvalue weighted by molar-refractivity contribution is 0.0784. The number of carbonyl (C=O) groups excluding carboxylic acids is 1. The Bertz CT molecular complexity index is 1030. The van der Waals surface area contributed by atoms with Crippen LogP contribution in [0.2, 0.25) is 0 Å². The molecule has 0 atom stereocenters. The highest BCUT2D eigenvalue weighted by atomic mass is 32.2. The van der Waals surface area contributed by atoms with Crippen molar-refractivity contribution in [1.82, 2.24) is 14.6 Å². The smallest absolute Gasteiger partial charge is 0.168 e. The second-order valence-corrected chi connectivity index (χ2v) is 9.22. The maximum atomic E-state index is 12.9. The number of fused-ring (bicyclic) bond motifs is 1. The van der Waals surface area contributed by atoms with Crippen LogP contribution in [0.5, 0.6) is 0 Å². The molecule has 1 N–H and O–H groups in total. The van der Waals surface area contributed by atoms with Crippen LogP contribution in [0.15, 0.2) is 36.4 Å². The fraction of sp³-hybridized carbons (Fsp3) is 0.409. The Kier molecular flexibility index (Phi) is 5.36. The molecule has 0 bridgehead atoms. The van der Waals surface area contributed by atoms with Crippen molar-refractivity contribution in [3.05, 3.63) is 58.9 Å². The van der Waals surface area contributed by atoms with Gasteiger partial charge in [0.1, 0.15) is 5.82 Å². The summed E-state index contributed by atoms with van der Waals surface area (Å²) < 4.78 is 1.89. The lowest BCUT2D eigenvalue weighted by Crippen LogP contribution is -2.34. The molecule has 0 unspecified atom stereocenters. The van der Waals surface area contributed by atoms with Gasteiger partial charge in [-0.15, -0.1) is 0 Å². The molecule has 0 radical (unpaired) electrons. The lowest BCUT2D eigenvalue weighted by atomic mass is 9.96. The molecule has 1 fully saturated rings. The van der Waals surface area contributed by atoms with Crippen LogP contribution < -0.4 is 4.90 Å². The summed E-state index contributed by atoms with van der Waals surface area (Å²) in [6.07, 6.45) is 0.234. The zero-order chi connectivity index (χ0) is 20.6. The maximum absolute atomic E-state index is 12.9. The zero-order valence-corrected chi connectivity index (χ0v) is 17.9. The average Bonchev–Trinajstić information content (AvgIpc) is 3.07. The van der Waals surface area contributed by atoms with Crippen molar-refractivity contribution in [2.24, 2.45) is 0 Å². The maximum Gasteiger partial charge on any atom is 0.168 e. The summed E-state index contributed by atoms with van der Waals surface area (Å²) >= 11 is 1.96. The molecule has 3 heterocycles. The topological polar surface area (TPSA) is 70.7 Å². The minimum absolute atomic E-state index is 0.0144. The molecule has 29 heavy (non-hydrogen) atoms. The number of rotatable bonds is 5. The van der Waals surface area contributed by atoms with Gasteiger partial charge in [-0.25, -0.2) is 4.98 Å². The van der Waals surface area contributed by atoms with Crippen molar-refractivity contribution >= 4 is 29.0 Å². The summed E-state index contributed by atoms with van der Waals surface area (Å²) in [7, 11) is 0. The standard InChI is InChI=1S/C22H26N4O2S/c1-15-12-20-23-18(14-21(26(20)24-15)25-8-10-29-11-9-25)13-19(27)16-4-6-17(7-5-16)22(2,3)28/h4-7,12,14,28H,8-11,13H2,1-3H3. The van der Waals surface area contributed by atoms with Gasteiger partial charge in [0.2, 0.25) is 0 Å². The molecule has 1 aliphatic rings. The van der Waals surface area contributed by atoms with Crippen molar-refractivity contribution in [3.63, 3.8) is 0 Å². The van der Waals surface area contributed by atoms with Gasteiger partial charge in [0.05, 0.1) is 23.4 Å². The molecule has 0 spiro atoms. The van der Waals surface area contributed by atoms with Crippen molar-refractivity contribution in [1.29, 1.82) is 0 Å². The fourth-order valence-electron chi connectivity index (χ4n) is 3.56. The van der Waals surface area contributed by atoms with E-state index in [9.17, 15) is 9.90 Å². The van der Waals surface area contributed by atoms with E-state index in [1.54, 1.807) is 38.1 Å². The van der Waals surface area contributed by atoms with E-state index in [1.165, 1.54) is 0 Å². The Balaban J connectivity index is 1.62. The summed E-state index contributed by atoms with van der Waals surface area (Å²) in [6.45, 7) is 7.36. The summed E-state index contributed by atoms with van der Waals surface area (Å²) in [5.74, 6) is 3.20. The second-order valence-electron chi connectivity index (χ2n) is 8.00. The number of anilines is 1. The van der Waals surface area contributed by atoms with Crippen LogP contribution >= 0.6 is 11.8 Å². The van der Waals surface area contributed by atoms with E-state index in [4.69, 9.17) is 0 Å². The third kappa shape index (κ3) is 4.31. The number of Topliss-reactive ketones (excluding diaryl/α,β-unsaturated/α-hetero) is 1. The number of hydrogen-bond donors (Lipinski definition) is 1. The molecule has 6 nitrogen and oxygen atoms in total. The highest BCUT2D eigenvalue weighted by Gasteiger charge is 2.19. The molecule has 7 heteroatoms. The Hall–Kier alpha value is -2.38. The first-order valence-electron chi connectivity index (χ1n) is 9.86. The summed E-state index contributed by atoms with van der Waals surface area (Å²) in [4.78, 5) is 19.9. The molecule has 152 valence electrons. The van der Waals surface area contributed by atoms with E-state index >= 15 is 0 Å². The van der Waals surface area contributed by atoms with Gasteiger partial charge in [0.25, 0.3) is 0 Å². The predicted octanol–water partition coefficient (Wildman–Crippen LogP) is 3.24. The molecule has 4 rings (SSSR count). The normalized spacial score (nSPS) is 15.1.